The zero-order valence-corrected chi connectivity index (χ0v) is 23.6. The fraction of sp³-hybridized carbons (Fsp3) is 0.679. The molecule has 38 heavy (non-hydrogen) atoms. The lowest BCUT2D eigenvalue weighted by Crippen LogP contribution is -2.45. The van der Waals surface area contributed by atoms with Crippen LogP contribution in [0.5, 0.6) is 11.8 Å². The fourth-order valence-electron chi connectivity index (χ4n) is 3.76. The van der Waals surface area contributed by atoms with E-state index in [4.69, 9.17) is 14.3 Å². The molecule has 10 heteroatoms. The van der Waals surface area contributed by atoms with Gasteiger partial charge in [-0.2, -0.15) is 0 Å². The number of carbonyl (C=O) groups is 3. The lowest BCUT2D eigenvalue weighted by molar-refractivity contribution is -0.153. The van der Waals surface area contributed by atoms with E-state index in [2.05, 4.69) is 18.8 Å². The van der Waals surface area contributed by atoms with Crippen LogP contribution in [0.2, 0.25) is 0 Å². The number of carbonyl (C=O) groups excluding carboxylic acids is 3. The number of allylic oxidation sites excluding steroid dienone is 1. The minimum atomic E-state index is -0.890. The van der Waals surface area contributed by atoms with Crippen LogP contribution in [0.15, 0.2) is 24.8 Å². The third kappa shape index (κ3) is 13.5. The monoisotopic (exact) mass is 538 g/mol. The second kappa shape index (κ2) is 16.1. The number of aromatic nitrogens is 1. The Labute approximate surface area is 226 Å². The van der Waals surface area contributed by atoms with Crippen molar-refractivity contribution in [3.05, 3.63) is 24.8 Å². The van der Waals surface area contributed by atoms with Crippen molar-refractivity contribution >= 4 is 17.8 Å². The molecule has 1 heterocycles. The van der Waals surface area contributed by atoms with Crippen LogP contribution in [-0.2, 0) is 23.9 Å². The second-order valence-corrected chi connectivity index (χ2v) is 10.7. The van der Waals surface area contributed by atoms with Crippen molar-refractivity contribution in [2.24, 2.45) is 0 Å². The first-order valence-electron chi connectivity index (χ1n) is 13.3. The highest BCUT2D eigenvalue weighted by atomic mass is 16.7. The van der Waals surface area contributed by atoms with Gasteiger partial charge in [-0.15, -0.1) is 11.3 Å². The molecule has 0 bridgehead atoms. The van der Waals surface area contributed by atoms with E-state index in [9.17, 15) is 24.6 Å². The Morgan fingerprint density at radius 1 is 1.05 bits per heavy atom. The molecule has 0 aliphatic carbocycles. The molecular weight excluding hydrogens is 492 g/mol. The first-order chi connectivity index (χ1) is 17.8. The normalized spacial score (nSPS) is 12.6. The summed E-state index contributed by atoms with van der Waals surface area (Å²) in [6, 6.07) is 2.39. The van der Waals surface area contributed by atoms with Gasteiger partial charge in [-0.05, 0) is 59.8 Å². The van der Waals surface area contributed by atoms with Gasteiger partial charge in [-0.3, -0.25) is 9.59 Å². The van der Waals surface area contributed by atoms with E-state index in [1.807, 2.05) is 19.9 Å². The number of aromatic hydroxyl groups is 2. The van der Waals surface area contributed by atoms with Gasteiger partial charge in [0.15, 0.2) is 0 Å². The topological polar surface area (TPSA) is 136 Å². The average molecular weight is 539 g/mol. The Kier molecular flexibility index (Phi) is 14.0. The molecule has 0 aromatic carbocycles. The number of ether oxygens (including phenoxy) is 2. The molecule has 3 N–H and O–H groups in total. The van der Waals surface area contributed by atoms with Crippen LogP contribution >= 0.6 is 0 Å². The van der Waals surface area contributed by atoms with Crippen LogP contribution in [-0.4, -0.2) is 56.6 Å². The molecule has 1 aromatic heterocycles. The number of esters is 1. The van der Waals surface area contributed by atoms with Crippen LogP contribution in [0.25, 0.3) is 0 Å². The van der Waals surface area contributed by atoms with E-state index < -0.39 is 28.9 Å². The van der Waals surface area contributed by atoms with Crippen molar-refractivity contribution in [3.63, 3.8) is 0 Å². The molecule has 216 valence electrons. The van der Waals surface area contributed by atoms with Crippen LogP contribution in [0.1, 0.15) is 98.8 Å². The summed E-state index contributed by atoms with van der Waals surface area (Å²) in [4.78, 5) is 41.9. The average Bonchev–Trinajstić information content (AvgIpc) is 3.12. The smallest absolute Gasteiger partial charge is 0.336 e. The zero-order chi connectivity index (χ0) is 28.8. The van der Waals surface area contributed by atoms with Gasteiger partial charge in [0.2, 0.25) is 17.7 Å². The van der Waals surface area contributed by atoms with Gasteiger partial charge in [0.25, 0.3) is 0 Å². The predicted octanol–water partition coefficient (Wildman–Crippen LogP) is 4.56. The zero-order valence-electron chi connectivity index (χ0n) is 23.6. The van der Waals surface area contributed by atoms with Gasteiger partial charge in [0.1, 0.15) is 6.10 Å². The quantitative estimate of drug-likeness (QED) is 0.132. The minimum Gasteiger partial charge on any atom is -0.492 e. The highest BCUT2D eigenvalue weighted by Crippen LogP contribution is 2.22. The number of rotatable bonds is 19. The number of hydrogen-bond donors (Lipinski definition) is 3. The van der Waals surface area contributed by atoms with Crippen molar-refractivity contribution in [2.45, 2.75) is 116 Å². The van der Waals surface area contributed by atoms with Crippen LogP contribution in [0, 0.1) is 0 Å². The number of unbranched alkanes of at least 4 members (excludes halogenated alkanes) is 2. The molecule has 1 aromatic rings. The Morgan fingerprint density at radius 3 is 2.32 bits per heavy atom. The third-order valence-electron chi connectivity index (χ3n) is 5.94. The summed E-state index contributed by atoms with van der Waals surface area (Å²) in [5.74, 6) is -2.13. The lowest BCUT2D eigenvalue weighted by atomic mass is 10.00. The summed E-state index contributed by atoms with van der Waals surface area (Å²) in [5.41, 5.74) is -1.49. The maximum Gasteiger partial charge on any atom is 0.336 e. The summed E-state index contributed by atoms with van der Waals surface area (Å²) < 4.78 is 12.1. The van der Waals surface area contributed by atoms with E-state index in [1.54, 1.807) is 13.8 Å². The Hall–Kier alpha value is -3.01. The van der Waals surface area contributed by atoms with Gasteiger partial charge >= 0.3 is 11.9 Å². The highest BCUT2D eigenvalue weighted by molar-refractivity contribution is 5.81. The van der Waals surface area contributed by atoms with Crippen molar-refractivity contribution in [2.75, 3.05) is 6.61 Å². The Balaban J connectivity index is 2.41. The lowest BCUT2D eigenvalue weighted by Gasteiger charge is -2.30. The molecule has 0 aliphatic heterocycles. The summed E-state index contributed by atoms with van der Waals surface area (Å²) in [6.07, 6.45) is 7.55. The molecule has 1 rings (SSSR count). The second-order valence-electron chi connectivity index (χ2n) is 10.7. The first-order valence-corrected chi connectivity index (χ1v) is 13.3. The standard InChI is InChI=1S/C28H46N2O8/c1-7-9-11-13-21(12-10-8-2)37-25(34)17-14-22(31)29-27(3,4)18-19-36-28(5,6)20-26(35)38-30-23(32)15-16-24(30)33/h8,15-16,21,32-33H,2,7,9-14,17-20H2,1,3-6H3,(H,29,31). The van der Waals surface area contributed by atoms with Crippen molar-refractivity contribution in [3.8, 4) is 11.8 Å². The van der Waals surface area contributed by atoms with E-state index >= 15 is 0 Å². The van der Waals surface area contributed by atoms with E-state index in [-0.39, 0.29) is 43.8 Å². The molecule has 0 aliphatic rings. The predicted molar refractivity (Wildman–Crippen MR) is 144 cm³/mol. The van der Waals surface area contributed by atoms with Gasteiger partial charge in [0, 0.05) is 30.7 Å². The fourth-order valence-corrected chi connectivity index (χ4v) is 3.76. The summed E-state index contributed by atoms with van der Waals surface area (Å²) in [5, 5.41) is 22.1. The van der Waals surface area contributed by atoms with Crippen molar-refractivity contribution < 1.29 is 38.9 Å². The maximum absolute atomic E-state index is 12.5. The van der Waals surface area contributed by atoms with Gasteiger partial charge in [-0.1, -0.05) is 25.8 Å². The molecule has 0 fully saturated rings. The molecule has 10 nitrogen and oxygen atoms in total. The largest absolute Gasteiger partial charge is 0.492 e. The Morgan fingerprint density at radius 2 is 1.71 bits per heavy atom. The molecule has 0 saturated heterocycles. The first kappa shape index (κ1) is 33.0. The van der Waals surface area contributed by atoms with Crippen molar-refractivity contribution in [1.29, 1.82) is 0 Å². The summed E-state index contributed by atoms with van der Waals surface area (Å²) in [6.45, 7) is 13.2. The molecular formula is C28H46N2O8. The number of nitrogens with zero attached hydrogens (tertiary/aromatic N) is 1. The van der Waals surface area contributed by atoms with E-state index in [1.165, 1.54) is 12.1 Å². The molecule has 0 saturated carbocycles. The van der Waals surface area contributed by atoms with Crippen LogP contribution < -0.4 is 10.2 Å². The maximum atomic E-state index is 12.5. The third-order valence-corrected chi connectivity index (χ3v) is 5.94. The molecule has 1 atom stereocenters. The van der Waals surface area contributed by atoms with Crippen LogP contribution in [0.4, 0.5) is 0 Å². The molecule has 0 spiro atoms. The Bertz CT molecular complexity index is 887. The summed E-state index contributed by atoms with van der Waals surface area (Å²) in [7, 11) is 0. The number of hydrogen-bond acceptors (Lipinski definition) is 8. The highest BCUT2D eigenvalue weighted by Gasteiger charge is 2.28. The van der Waals surface area contributed by atoms with Crippen molar-refractivity contribution in [1.82, 2.24) is 10.0 Å². The SMILES string of the molecule is C=CCCC(CCCCC)OC(=O)CCC(=O)NC(C)(C)CCOC(C)(C)CC(=O)On1c(O)ccc1O. The molecule has 1 unspecified atom stereocenters. The van der Waals surface area contributed by atoms with Gasteiger partial charge in [-0.25, -0.2) is 4.79 Å². The van der Waals surface area contributed by atoms with E-state index in [0.29, 0.717) is 11.2 Å². The molecule has 0 radical (unpaired) electrons. The number of nitrogens with one attached hydrogen (secondary N) is 1. The number of amides is 1. The van der Waals surface area contributed by atoms with Gasteiger partial charge < -0.3 is 29.8 Å². The summed E-state index contributed by atoms with van der Waals surface area (Å²) >= 11 is 0. The minimum absolute atomic E-state index is 0.0123. The van der Waals surface area contributed by atoms with Gasteiger partial charge in [0.05, 0.1) is 18.4 Å². The molecule has 1 amide bonds. The van der Waals surface area contributed by atoms with Crippen LogP contribution in [0.3, 0.4) is 0 Å². The van der Waals surface area contributed by atoms with E-state index in [0.717, 1.165) is 38.5 Å².